The molecule has 0 rings (SSSR count). The molecule has 0 aliphatic heterocycles. The molecule has 14 heavy (non-hydrogen) atoms. The minimum Gasteiger partial charge on any atom is -0.389 e. The zero-order valence-corrected chi connectivity index (χ0v) is 9.08. The Morgan fingerprint density at radius 1 is 1.36 bits per heavy atom. The lowest BCUT2D eigenvalue weighted by Gasteiger charge is -2.41. The van der Waals surface area contributed by atoms with E-state index in [1.54, 1.807) is 0 Å². The SMILES string of the molecule is CC(O)C(N)(OS(=O)(=O)O)C(C)(C)N. The Morgan fingerprint density at radius 3 is 1.79 bits per heavy atom. The van der Waals surface area contributed by atoms with E-state index in [0.29, 0.717) is 0 Å². The third-order valence-corrected chi connectivity index (χ3v) is 2.36. The van der Waals surface area contributed by atoms with Crippen molar-refractivity contribution in [3.8, 4) is 0 Å². The van der Waals surface area contributed by atoms with Gasteiger partial charge in [0.2, 0.25) is 0 Å². The van der Waals surface area contributed by atoms with Crippen LogP contribution >= 0.6 is 0 Å². The Morgan fingerprint density at radius 2 is 1.71 bits per heavy atom. The Bertz CT molecular complexity index is 294. The van der Waals surface area contributed by atoms with E-state index in [-0.39, 0.29) is 0 Å². The van der Waals surface area contributed by atoms with Gasteiger partial charge < -0.3 is 10.8 Å². The maximum Gasteiger partial charge on any atom is 0.399 e. The third-order valence-electron chi connectivity index (χ3n) is 1.87. The van der Waals surface area contributed by atoms with Gasteiger partial charge in [0.15, 0.2) is 5.72 Å². The molecule has 8 heteroatoms. The van der Waals surface area contributed by atoms with E-state index in [2.05, 4.69) is 4.18 Å². The molecule has 0 fully saturated rings. The predicted molar refractivity (Wildman–Crippen MR) is 49.5 cm³/mol. The van der Waals surface area contributed by atoms with Crippen LogP contribution in [0.4, 0.5) is 0 Å². The molecule has 2 atom stereocenters. The summed E-state index contributed by atoms with van der Waals surface area (Å²) < 4.78 is 33.6. The minimum absolute atomic E-state index is 1.21. The fourth-order valence-corrected chi connectivity index (χ4v) is 1.59. The van der Waals surface area contributed by atoms with Crippen LogP contribution in [0.2, 0.25) is 0 Å². The van der Waals surface area contributed by atoms with Crippen molar-refractivity contribution in [1.82, 2.24) is 0 Å². The average Bonchev–Trinajstić information content (AvgIpc) is 1.79. The van der Waals surface area contributed by atoms with Crippen LogP contribution in [0, 0.1) is 0 Å². The van der Waals surface area contributed by atoms with Crippen LogP contribution in [0.25, 0.3) is 0 Å². The Hall–Kier alpha value is -0.250. The van der Waals surface area contributed by atoms with Gasteiger partial charge in [-0.1, -0.05) is 0 Å². The first-order valence-corrected chi connectivity index (χ1v) is 5.20. The second kappa shape index (κ2) is 3.72. The van der Waals surface area contributed by atoms with Gasteiger partial charge in [-0.3, -0.25) is 10.3 Å². The Balaban J connectivity index is 5.14. The summed E-state index contributed by atoms with van der Waals surface area (Å²) >= 11 is 0. The van der Waals surface area contributed by atoms with Crippen LogP contribution in [-0.4, -0.2) is 35.4 Å². The quantitative estimate of drug-likeness (QED) is 0.342. The van der Waals surface area contributed by atoms with Crippen molar-refractivity contribution < 1.29 is 22.3 Å². The number of nitrogens with two attached hydrogens (primary N) is 2. The summed E-state index contributed by atoms with van der Waals surface area (Å²) in [6.07, 6.45) is -1.37. The molecule has 0 aromatic heterocycles. The van der Waals surface area contributed by atoms with Crippen molar-refractivity contribution in [3.63, 3.8) is 0 Å². The molecule has 0 aromatic rings. The van der Waals surface area contributed by atoms with Gasteiger partial charge in [0.25, 0.3) is 0 Å². The van der Waals surface area contributed by atoms with Crippen LogP contribution in [0.15, 0.2) is 0 Å². The van der Waals surface area contributed by atoms with Gasteiger partial charge in [-0.25, -0.2) is 4.18 Å². The summed E-state index contributed by atoms with van der Waals surface area (Å²) in [6, 6.07) is 0. The molecule has 86 valence electrons. The number of hydrogen-bond donors (Lipinski definition) is 4. The highest BCUT2D eigenvalue weighted by Crippen LogP contribution is 2.23. The lowest BCUT2D eigenvalue weighted by Crippen LogP contribution is -2.70. The molecule has 0 saturated heterocycles. The minimum atomic E-state index is -4.77. The fraction of sp³-hybridized carbons (Fsp3) is 1.00. The van der Waals surface area contributed by atoms with Crippen LogP contribution in [-0.2, 0) is 14.6 Å². The molecule has 0 heterocycles. The summed E-state index contributed by atoms with van der Waals surface area (Å²) in [5.74, 6) is 0. The lowest BCUT2D eigenvalue weighted by atomic mass is 9.88. The van der Waals surface area contributed by atoms with E-state index in [1.807, 2.05) is 0 Å². The van der Waals surface area contributed by atoms with Gasteiger partial charge in [0.1, 0.15) is 0 Å². The second-order valence-corrected chi connectivity index (χ2v) is 4.72. The number of hydrogen-bond acceptors (Lipinski definition) is 6. The van der Waals surface area contributed by atoms with Gasteiger partial charge in [0.05, 0.1) is 11.6 Å². The van der Waals surface area contributed by atoms with E-state index < -0.39 is 27.8 Å². The number of aliphatic hydroxyl groups excluding tert-OH is 1. The predicted octanol–water partition coefficient (Wildman–Crippen LogP) is -1.42. The number of aliphatic hydroxyl groups is 1. The van der Waals surface area contributed by atoms with E-state index >= 15 is 0 Å². The molecule has 0 bridgehead atoms. The highest BCUT2D eigenvalue weighted by Gasteiger charge is 2.48. The van der Waals surface area contributed by atoms with E-state index in [9.17, 15) is 13.5 Å². The van der Waals surface area contributed by atoms with Crippen molar-refractivity contribution in [2.24, 2.45) is 11.5 Å². The Kier molecular flexibility index (Phi) is 3.65. The molecule has 0 saturated carbocycles. The molecule has 2 unspecified atom stereocenters. The highest BCUT2D eigenvalue weighted by atomic mass is 32.3. The average molecular weight is 228 g/mol. The summed E-state index contributed by atoms with van der Waals surface area (Å²) in [7, 11) is -4.77. The fourth-order valence-electron chi connectivity index (χ4n) is 0.890. The summed E-state index contributed by atoms with van der Waals surface area (Å²) in [4.78, 5) is 0. The van der Waals surface area contributed by atoms with E-state index in [4.69, 9.17) is 16.0 Å². The highest BCUT2D eigenvalue weighted by molar-refractivity contribution is 7.80. The lowest BCUT2D eigenvalue weighted by molar-refractivity contribution is -0.0848. The smallest absolute Gasteiger partial charge is 0.389 e. The molecule has 0 amide bonds. The van der Waals surface area contributed by atoms with Gasteiger partial charge in [0, 0.05) is 0 Å². The summed E-state index contributed by atoms with van der Waals surface area (Å²) in [6.45, 7) is 3.94. The van der Waals surface area contributed by atoms with Crippen LogP contribution in [0.3, 0.4) is 0 Å². The van der Waals surface area contributed by atoms with Crippen molar-refractivity contribution in [2.75, 3.05) is 0 Å². The Labute approximate surface area is 83.0 Å². The summed E-state index contributed by atoms with van der Waals surface area (Å²) in [5.41, 5.74) is 7.57. The molecule has 0 aliphatic carbocycles. The standard InChI is InChI=1S/C6H16N2O5S/c1-4(9)6(8,5(2,3)7)13-14(10,11)12/h4,9H,7-8H2,1-3H3,(H,10,11,12). The zero-order chi connectivity index (χ0) is 11.8. The molecule has 0 radical (unpaired) electrons. The van der Waals surface area contributed by atoms with Crippen LogP contribution < -0.4 is 11.5 Å². The molecule has 0 spiro atoms. The van der Waals surface area contributed by atoms with Gasteiger partial charge >= 0.3 is 10.4 Å². The molecular weight excluding hydrogens is 212 g/mol. The largest absolute Gasteiger partial charge is 0.399 e. The molecule has 0 aliphatic rings. The van der Waals surface area contributed by atoms with Crippen molar-refractivity contribution in [2.45, 2.75) is 38.1 Å². The molecular formula is C6H16N2O5S. The zero-order valence-electron chi connectivity index (χ0n) is 8.26. The molecule has 6 N–H and O–H groups in total. The maximum atomic E-state index is 10.5. The van der Waals surface area contributed by atoms with Crippen molar-refractivity contribution in [1.29, 1.82) is 0 Å². The molecule has 7 nitrogen and oxygen atoms in total. The van der Waals surface area contributed by atoms with Crippen LogP contribution in [0.5, 0.6) is 0 Å². The van der Waals surface area contributed by atoms with Crippen molar-refractivity contribution >= 4 is 10.4 Å². The maximum absolute atomic E-state index is 10.5. The van der Waals surface area contributed by atoms with Crippen LogP contribution in [0.1, 0.15) is 20.8 Å². The van der Waals surface area contributed by atoms with Gasteiger partial charge in [-0.05, 0) is 20.8 Å². The van der Waals surface area contributed by atoms with E-state index in [1.165, 1.54) is 20.8 Å². The summed E-state index contributed by atoms with van der Waals surface area (Å²) in [5, 5.41) is 9.26. The first-order chi connectivity index (χ1) is 5.90. The second-order valence-electron chi connectivity index (χ2n) is 3.70. The normalized spacial score (nSPS) is 20.2. The van der Waals surface area contributed by atoms with Gasteiger partial charge in [-0.15, -0.1) is 0 Å². The van der Waals surface area contributed by atoms with Gasteiger partial charge in [-0.2, -0.15) is 8.42 Å². The third kappa shape index (κ3) is 3.15. The first-order valence-electron chi connectivity index (χ1n) is 3.84. The topological polar surface area (TPSA) is 136 Å². The monoisotopic (exact) mass is 228 g/mol. The molecule has 0 aromatic carbocycles. The first kappa shape index (κ1) is 13.8. The number of rotatable bonds is 4. The van der Waals surface area contributed by atoms with E-state index in [0.717, 1.165) is 0 Å². The van der Waals surface area contributed by atoms with Crippen molar-refractivity contribution in [3.05, 3.63) is 0 Å².